The van der Waals surface area contributed by atoms with E-state index in [2.05, 4.69) is 31.2 Å². The largest absolute Gasteiger partial charge is 0.456 e. The van der Waals surface area contributed by atoms with Gasteiger partial charge in [0.05, 0.1) is 16.7 Å². The molecule has 0 saturated heterocycles. The summed E-state index contributed by atoms with van der Waals surface area (Å²) in [4.78, 5) is 39.5. The summed E-state index contributed by atoms with van der Waals surface area (Å²) in [5, 5.41) is 7.06. The first-order valence-corrected chi connectivity index (χ1v) is 20.6. The van der Waals surface area contributed by atoms with Gasteiger partial charge in [-0.1, -0.05) is 96.6 Å². The van der Waals surface area contributed by atoms with Gasteiger partial charge in [0, 0.05) is 21.5 Å². The lowest BCUT2D eigenvalue weighted by molar-refractivity contribution is 0.0721. The molecule has 0 spiro atoms. The summed E-state index contributed by atoms with van der Waals surface area (Å²) >= 11 is 0. The molecule has 0 radical (unpaired) electrons. The summed E-state index contributed by atoms with van der Waals surface area (Å²) in [5.74, 6) is 2.05. The van der Waals surface area contributed by atoms with Crippen molar-refractivity contribution in [1.82, 2.24) is 0 Å². The zero-order valence-electron chi connectivity index (χ0n) is 34.3. The Labute approximate surface area is 367 Å². The number of hydrogen-bond donors (Lipinski definition) is 0. The molecule has 10 aromatic rings. The zero-order valence-corrected chi connectivity index (χ0v) is 34.3. The standard InChI is InChI=1S/C56H36O8/c1-35-22-26-46-37(30-35)12-6-18-50(46)63-51-19-8-14-39-33-44(24-28-48(39)51)61-55(58)41-16-5-17-42(31-41)56(59)62-45-25-29-49-40(34-45)15-9-21-53(49)64-52-20-7-13-38-32-43(23-27-47(38)52)60-54(57)36-10-3-2-4-11-36/h2-34H,1H3. The molecular formula is C56H36O8. The molecule has 0 unspecified atom stereocenters. The maximum atomic E-state index is 13.4. The van der Waals surface area contributed by atoms with Crippen LogP contribution in [0.4, 0.5) is 0 Å². The van der Waals surface area contributed by atoms with E-state index in [4.69, 9.17) is 23.7 Å². The second-order valence-corrected chi connectivity index (χ2v) is 15.2. The molecule has 0 atom stereocenters. The lowest BCUT2D eigenvalue weighted by Gasteiger charge is -2.13. The van der Waals surface area contributed by atoms with Crippen LogP contribution in [0.15, 0.2) is 200 Å². The van der Waals surface area contributed by atoms with Crippen molar-refractivity contribution in [3.8, 4) is 40.2 Å². The van der Waals surface area contributed by atoms with E-state index < -0.39 is 17.9 Å². The van der Waals surface area contributed by atoms with E-state index in [1.807, 2.05) is 91.0 Å². The quantitative estimate of drug-likeness (QED) is 0.0992. The molecule has 308 valence electrons. The number of aryl methyl sites for hydroxylation is 1. The van der Waals surface area contributed by atoms with Crippen molar-refractivity contribution >= 4 is 61.0 Å². The van der Waals surface area contributed by atoms with Crippen molar-refractivity contribution < 1.29 is 38.1 Å². The molecule has 0 N–H and O–H groups in total. The fourth-order valence-corrected chi connectivity index (χ4v) is 7.70. The van der Waals surface area contributed by atoms with Crippen LogP contribution in [-0.4, -0.2) is 17.9 Å². The SMILES string of the molecule is Cc1ccc2c(Oc3cccc4cc(OC(=O)c5cccc(C(=O)Oc6ccc7c(Oc8cccc9cc(OC(=O)c%10ccccc%10)ccc89)cccc7c6)c5)ccc34)cccc2c1. The summed E-state index contributed by atoms with van der Waals surface area (Å²) in [5.41, 5.74) is 2.02. The van der Waals surface area contributed by atoms with Crippen molar-refractivity contribution in [3.05, 3.63) is 222 Å². The molecule has 8 heteroatoms. The van der Waals surface area contributed by atoms with Crippen molar-refractivity contribution in [2.24, 2.45) is 0 Å². The maximum Gasteiger partial charge on any atom is 0.343 e. The normalized spacial score (nSPS) is 11.1. The Kier molecular flexibility index (Phi) is 10.4. The summed E-state index contributed by atoms with van der Waals surface area (Å²) in [6.45, 7) is 2.06. The number of fused-ring (bicyclic) bond motifs is 4. The van der Waals surface area contributed by atoms with Crippen molar-refractivity contribution in [2.75, 3.05) is 0 Å². The van der Waals surface area contributed by atoms with Crippen LogP contribution < -0.4 is 23.7 Å². The Bertz CT molecular complexity index is 3450. The van der Waals surface area contributed by atoms with Gasteiger partial charge in [-0.05, 0) is 138 Å². The molecule has 0 aromatic heterocycles. The molecule has 0 heterocycles. The lowest BCUT2D eigenvalue weighted by Crippen LogP contribution is -2.12. The Hall–Kier alpha value is -8.75. The minimum Gasteiger partial charge on any atom is -0.456 e. The van der Waals surface area contributed by atoms with E-state index in [0.29, 0.717) is 40.1 Å². The first-order valence-electron chi connectivity index (χ1n) is 20.6. The molecule has 0 saturated carbocycles. The van der Waals surface area contributed by atoms with Gasteiger partial charge in [0.2, 0.25) is 0 Å². The summed E-state index contributed by atoms with van der Waals surface area (Å²) in [6.07, 6.45) is 0. The monoisotopic (exact) mass is 836 g/mol. The highest BCUT2D eigenvalue weighted by molar-refractivity contribution is 5.99. The fraction of sp³-hybridized carbons (Fsp3) is 0.0179. The fourth-order valence-electron chi connectivity index (χ4n) is 7.70. The first kappa shape index (κ1) is 39.4. The van der Waals surface area contributed by atoms with Gasteiger partial charge in [0.25, 0.3) is 0 Å². The first-order chi connectivity index (χ1) is 31.3. The minimum absolute atomic E-state index is 0.185. The van der Waals surface area contributed by atoms with E-state index in [1.165, 1.54) is 11.6 Å². The van der Waals surface area contributed by atoms with E-state index >= 15 is 0 Å². The topological polar surface area (TPSA) is 97.4 Å². The second kappa shape index (κ2) is 17.0. The summed E-state index contributed by atoms with van der Waals surface area (Å²) in [7, 11) is 0. The van der Waals surface area contributed by atoms with Gasteiger partial charge in [-0.2, -0.15) is 0 Å². The maximum absolute atomic E-state index is 13.4. The number of rotatable bonds is 10. The number of carbonyl (C=O) groups is 3. The molecule has 10 aromatic carbocycles. The molecular weight excluding hydrogens is 801 g/mol. The Morgan fingerprint density at radius 1 is 0.312 bits per heavy atom. The molecule has 10 rings (SSSR count). The number of carbonyl (C=O) groups excluding carboxylic acids is 3. The van der Waals surface area contributed by atoms with E-state index in [9.17, 15) is 14.4 Å². The Morgan fingerprint density at radius 2 is 0.656 bits per heavy atom. The predicted octanol–water partition coefficient (Wildman–Crippen LogP) is 13.9. The van der Waals surface area contributed by atoms with Gasteiger partial charge in [0.1, 0.15) is 40.2 Å². The van der Waals surface area contributed by atoms with Crippen LogP contribution in [0, 0.1) is 6.92 Å². The van der Waals surface area contributed by atoms with Crippen LogP contribution >= 0.6 is 0 Å². The third-order valence-electron chi connectivity index (χ3n) is 10.8. The van der Waals surface area contributed by atoms with E-state index in [1.54, 1.807) is 78.9 Å². The van der Waals surface area contributed by atoms with Gasteiger partial charge in [0.15, 0.2) is 0 Å². The predicted molar refractivity (Wildman–Crippen MR) is 248 cm³/mol. The van der Waals surface area contributed by atoms with Crippen molar-refractivity contribution in [2.45, 2.75) is 6.92 Å². The number of benzene rings is 10. The molecule has 0 aliphatic carbocycles. The van der Waals surface area contributed by atoms with Crippen molar-refractivity contribution in [3.63, 3.8) is 0 Å². The second-order valence-electron chi connectivity index (χ2n) is 15.2. The van der Waals surface area contributed by atoms with Crippen LogP contribution in [0.5, 0.6) is 40.2 Å². The smallest absolute Gasteiger partial charge is 0.343 e. The highest BCUT2D eigenvalue weighted by Gasteiger charge is 2.17. The zero-order chi connectivity index (χ0) is 43.6. The number of esters is 3. The molecule has 0 fully saturated rings. The highest BCUT2D eigenvalue weighted by Crippen LogP contribution is 2.38. The van der Waals surface area contributed by atoms with Gasteiger partial charge in [-0.25, -0.2) is 14.4 Å². The summed E-state index contributed by atoms with van der Waals surface area (Å²) < 4.78 is 30.1. The average molecular weight is 837 g/mol. The van der Waals surface area contributed by atoms with Crippen LogP contribution in [0.25, 0.3) is 43.1 Å². The Morgan fingerprint density at radius 3 is 1.08 bits per heavy atom. The third kappa shape index (κ3) is 8.19. The van der Waals surface area contributed by atoms with E-state index in [0.717, 1.165) is 48.8 Å². The van der Waals surface area contributed by atoms with Crippen LogP contribution in [-0.2, 0) is 0 Å². The molecule has 0 aliphatic rings. The van der Waals surface area contributed by atoms with Gasteiger partial charge < -0.3 is 23.7 Å². The molecule has 0 bridgehead atoms. The van der Waals surface area contributed by atoms with Gasteiger partial charge in [-0.3, -0.25) is 0 Å². The molecule has 0 aliphatic heterocycles. The van der Waals surface area contributed by atoms with Gasteiger partial charge in [-0.15, -0.1) is 0 Å². The van der Waals surface area contributed by atoms with Crippen LogP contribution in [0.1, 0.15) is 36.6 Å². The number of hydrogen-bond acceptors (Lipinski definition) is 8. The average Bonchev–Trinajstić information content (AvgIpc) is 3.32. The summed E-state index contributed by atoms with van der Waals surface area (Å²) in [6, 6.07) is 60.4. The third-order valence-corrected chi connectivity index (χ3v) is 10.8. The number of ether oxygens (including phenoxy) is 5. The molecule has 0 amide bonds. The van der Waals surface area contributed by atoms with E-state index in [-0.39, 0.29) is 11.1 Å². The van der Waals surface area contributed by atoms with Crippen LogP contribution in [0.3, 0.4) is 0 Å². The van der Waals surface area contributed by atoms with Gasteiger partial charge >= 0.3 is 17.9 Å². The minimum atomic E-state index is -0.634. The lowest BCUT2D eigenvalue weighted by atomic mass is 10.1. The Balaban J connectivity index is 0.811. The molecule has 8 nitrogen and oxygen atoms in total. The van der Waals surface area contributed by atoms with Crippen LogP contribution in [0.2, 0.25) is 0 Å². The highest BCUT2D eigenvalue weighted by atomic mass is 16.5. The van der Waals surface area contributed by atoms with Crippen molar-refractivity contribution in [1.29, 1.82) is 0 Å². The molecule has 64 heavy (non-hydrogen) atoms.